The number of rotatable bonds is 11. The highest BCUT2D eigenvalue weighted by molar-refractivity contribution is 5.44. The highest BCUT2D eigenvalue weighted by atomic mass is 16.6. The molecular formula is C26H39NO3. The molecule has 0 saturated carbocycles. The number of aliphatic hydroxyl groups excluding tert-OH is 2. The Morgan fingerprint density at radius 1 is 0.900 bits per heavy atom. The number of hydrogen-bond donors (Lipinski definition) is 2. The highest BCUT2D eigenvalue weighted by Gasteiger charge is 2.23. The first-order chi connectivity index (χ1) is 14.2. The molecule has 2 atom stereocenters. The van der Waals surface area contributed by atoms with E-state index in [9.17, 15) is 10.2 Å². The van der Waals surface area contributed by atoms with E-state index >= 15 is 0 Å². The zero-order valence-corrected chi connectivity index (χ0v) is 19.4. The van der Waals surface area contributed by atoms with Crippen molar-refractivity contribution in [2.45, 2.75) is 78.9 Å². The molecule has 0 aliphatic rings. The quantitative estimate of drug-likeness (QED) is 0.499. The van der Waals surface area contributed by atoms with Crippen molar-refractivity contribution >= 4 is 0 Å². The van der Waals surface area contributed by atoms with E-state index in [1.54, 1.807) is 0 Å². The summed E-state index contributed by atoms with van der Waals surface area (Å²) in [7, 11) is 0. The molecule has 0 saturated heterocycles. The maximum Gasteiger partial charge on any atom is 0.199 e. The van der Waals surface area contributed by atoms with Crippen LogP contribution in [0, 0.1) is 5.92 Å². The molecule has 2 unspecified atom stereocenters. The molecule has 30 heavy (non-hydrogen) atoms. The molecule has 0 aromatic heterocycles. The molecule has 0 fully saturated rings. The molecule has 0 aliphatic carbocycles. The number of nitrogens with zero attached hydrogens (tertiary/aromatic N) is 1. The minimum atomic E-state index is -0.872. The van der Waals surface area contributed by atoms with Crippen LogP contribution < -0.4 is 4.74 Å². The van der Waals surface area contributed by atoms with Gasteiger partial charge in [0, 0.05) is 29.5 Å². The summed E-state index contributed by atoms with van der Waals surface area (Å²) < 4.78 is 5.97. The molecule has 0 amide bonds. The van der Waals surface area contributed by atoms with Crippen LogP contribution in [0.3, 0.4) is 0 Å². The lowest BCUT2D eigenvalue weighted by Crippen LogP contribution is -2.38. The Balaban J connectivity index is 2.46. The van der Waals surface area contributed by atoms with E-state index in [0.717, 1.165) is 24.1 Å². The van der Waals surface area contributed by atoms with Crippen LogP contribution in [0.2, 0.25) is 0 Å². The van der Waals surface area contributed by atoms with Crippen LogP contribution in [-0.2, 0) is 6.61 Å². The summed E-state index contributed by atoms with van der Waals surface area (Å²) in [5, 5.41) is 20.1. The zero-order valence-electron chi connectivity index (χ0n) is 19.4. The van der Waals surface area contributed by atoms with Crippen molar-refractivity contribution in [2.75, 3.05) is 6.54 Å². The van der Waals surface area contributed by atoms with E-state index in [0.29, 0.717) is 17.8 Å². The molecule has 0 heterocycles. The topological polar surface area (TPSA) is 52.9 Å². The van der Waals surface area contributed by atoms with Crippen molar-refractivity contribution in [2.24, 2.45) is 5.92 Å². The van der Waals surface area contributed by atoms with Gasteiger partial charge < -0.3 is 14.9 Å². The van der Waals surface area contributed by atoms with Crippen LogP contribution in [0.1, 0.15) is 70.6 Å². The van der Waals surface area contributed by atoms with Gasteiger partial charge in [0.1, 0.15) is 5.75 Å². The Morgan fingerprint density at radius 2 is 1.53 bits per heavy atom. The van der Waals surface area contributed by atoms with Crippen LogP contribution in [-0.4, -0.2) is 40.0 Å². The number of hydrogen-bond acceptors (Lipinski definition) is 4. The molecule has 0 bridgehead atoms. The van der Waals surface area contributed by atoms with Gasteiger partial charge in [0.25, 0.3) is 0 Å². The average Bonchev–Trinajstić information content (AvgIpc) is 2.71. The predicted molar refractivity (Wildman–Crippen MR) is 124 cm³/mol. The molecule has 0 spiro atoms. The van der Waals surface area contributed by atoms with Crippen LogP contribution in [0.25, 0.3) is 0 Å². The summed E-state index contributed by atoms with van der Waals surface area (Å²) in [6.45, 7) is 13.7. The molecular weight excluding hydrogens is 374 g/mol. The van der Waals surface area contributed by atoms with E-state index < -0.39 is 6.29 Å². The van der Waals surface area contributed by atoms with Crippen LogP contribution in [0.15, 0.2) is 48.5 Å². The Hall–Kier alpha value is -1.88. The third-order valence-electron chi connectivity index (χ3n) is 5.65. The van der Waals surface area contributed by atoms with Crippen molar-refractivity contribution in [3.05, 3.63) is 65.2 Å². The first kappa shape index (κ1) is 24.4. The summed E-state index contributed by atoms with van der Waals surface area (Å²) in [6.07, 6.45) is 0.0478. The minimum Gasteiger partial charge on any atom is -0.465 e. The van der Waals surface area contributed by atoms with Gasteiger partial charge in [-0.2, -0.15) is 0 Å². The van der Waals surface area contributed by atoms with Gasteiger partial charge in [-0.05, 0) is 63.9 Å². The lowest BCUT2D eigenvalue weighted by atomic mass is 9.86. The maximum atomic E-state index is 10.4. The molecule has 0 radical (unpaired) electrons. The standard InChI is InChI=1S/C26H39NO3/c1-18(2)26(29)30-25-13-12-21(17-28)16-24(25)23(22-10-8-7-9-11-22)14-15-27(19(3)4)20(5)6/h7-13,16,18-20,23,26,28-29H,14-15,17H2,1-6H3. The van der Waals surface area contributed by atoms with E-state index in [4.69, 9.17) is 4.74 Å². The Bertz CT molecular complexity index is 750. The van der Waals surface area contributed by atoms with Crippen molar-refractivity contribution in [1.82, 2.24) is 4.90 Å². The molecule has 2 rings (SSSR count). The average molecular weight is 414 g/mol. The van der Waals surface area contributed by atoms with Crippen molar-refractivity contribution in [1.29, 1.82) is 0 Å². The van der Waals surface area contributed by atoms with E-state index in [2.05, 4.69) is 56.9 Å². The second kappa shape index (κ2) is 11.5. The van der Waals surface area contributed by atoms with E-state index in [1.807, 2.05) is 38.1 Å². The van der Waals surface area contributed by atoms with Gasteiger partial charge in [0.2, 0.25) is 0 Å². The molecule has 4 nitrogen and oxygen atoms in total. The number of benzene rings is 2. The summed E-state index contributed by atoms with van der Waals surface area (Å²) >= 11 is 0. The fraction of sp³-hybridized carbons (Fsp3) is 0.538. The fourth-order valence-electron chi connectivity index (χ4n) is 3.92. The first-order valence-corrected chi connectivity index (χ1v) is 11.1. The van der Waals surface area contributed by atoms with Crippen molar-refractivity contribution in [3.63, 3.8) is 0 Å². The summed E-state index contributed by atoms with van der Waals surface area (Å²) in [5.74, 6) is 0.776. The Morgan fingerprint density at radius 3 is 2.07 bits per heavy atom. The van der Waals surface area contributed by atoms with E-state index in [1.165, 1.54) is 5.56 Å². The van der Waals surface area contributed by atoms with Crippen molar-refractivity contribution in [3.8, 4) is 5.75 Å². The lowest BCUT2D eigenvalue weighted by molar-refractivity contribution is -0.0522. The predicted octanol–water partition coefficient (Wildman–Crippen LogP) is 5.17. The van der Waals surface area contributed by atoms with Gasteiger partial charge in [-0.15, -0.1) is 0 Å². The van der Waals surface area contributed by atoms with E-state index in [-0.39, 0.29) is 18.4 Å². The largest absolute Gasteiger partial charge is 0.465 e. The molecule has 166 valence electrons. The van der Waals surface area contributed by atoms with Crippen molar-refractivity contribution < 1.29 is 14.9 Å². The monoisotopic (exact) mass is 413 g/mol. The summed E-state index contributed by atoms with van der Waals surface area (Å²) in [6, 6.07) is 17.1. The first-order valence-electron chi connectivity index (χ1n) is 11.1. The summed E-state index contributed by atoms with van der Waals surface area (Å²) in [5.41, 5.74) is 3.07. The molecule has 2 N–H and O–H groups in total. The Kier molecular flexibility index (Phi) is 9.35. The Labute approximate surface area is 182 Å². The fourth-order valence-corrected chi connectivity index (χ4v) is 3.92. The SMILES string of the molecule is CC(C)C(O)Oc1ccc(CO)cc1C(CCN(C(C)C)C(C)C)c1ccccc1. The molecule has 2 aromatic rings. The maximum absolute atomic E-state index is 10.4. The molecule has 2 aromatic carbocycles. The highest BCUT2D eigenvalue weighted by Crippen LogP contribution is 2.36. The van der Waals surface area contributed by atoms with Crippen LogP contribution >= 0.6 is 0 Å². The lowest BCUT2D eigenvalue weighted by Gasteiger charge is -2.32. The second-order valence-corrected chi connectivity index (χ2v) is 8.96. The normalized spacial score (nSPS) is 14.0. The minimum absolute atomic E-state index is 0.0112. The van der Waals surface area contributed by atoms with Crippen LogP contribution in [0.4, 0.5) is 0 Å². The van der Waals surface area contributed by atoms with Gasteiger partial charge in [-0.25, -0.2) is 0 Å². The number of ether oxygens (including phenoxy) is 1. The molecule has 0 aliphatic heterocycles. The summed E-state index contributed by atoms with van der Waals surface area (Å²) in [4.78, 5) is 2.50. The smallest absolute Gasteiger partial charge is 0.199 e. The molecule has 4 heteroatoms. The third kappa shape index (κ3) is 6.56. The van der Waals surface area contributed by atoms with Crippen LogP contribution in [0.5, 0.6) is 5.75 Å². The zero-order chi connectivity index (χ0) is 22.3. The van der Waals surface area contributed by atoms with Gasteiger partial charge in [-0.3, -0.25) is 4.90 Å². The second-order valence-electron chi connectivity index (χ2n) is 8.96. The number of aliphatic hydroxyl groups is 2. The van der Waals surface area contributed by atoms with Gasteiger partial charge in [0.05, 0.1) is 6.61 Å². The van der Waals surface area contributed by atoms with Gasteiger partial charge in [0.15, 0.2) is 6.29 Å². The van der Waals surface area contributed by atoms with Gasteiger partial charge in [-0.1, -0.05) is 50.2 Å². The van der Waals surface area contributed by atoms with Gasteiger partial charge >= 0.3 is 0 Å². The third-order valence-corrected chi connectivity index (χ3v) is 5.65.